The second-order valence-electron chi connectivity index (χ2n) is 7.92. The number of aryl methyl sites for hydroxylation is 2. The van der Waals surface area contributed by atoms with Crippen LogP contribution in [0.1, 0.15) is 57.2 Å². The summed E-state index contributed by atoms with van der Waals surface area (Å²) in [6, 6.07) is 12.9. The lowest BCUT2D eigenvalue weighted by Crippen LogP contribution is -2.49. The van der Waals surface area contributed by atoms with Crippen molar-refractivity contribution in [2.75, 3.05) is 0 Å². The van der Waals surface area contributed by atoms with Gasteiger partial charge in [-0.2, -0.15) is 0 Å². The molecule has 0 fully saturated rings. The lowest BCUT2D eigenvalue weighted by atomic mass is 10.0. The van der Waals surface area contributed by atoms with Crippen LogP contribution < -0.4 is 5.32 Å². The van der Waals surface area contributed by atoms with Crippen molar-refractivity contribution >= 4 is 35.0 Å². The van der Waals surface area contributed by atoms with Gasteiger partial charge in [0, 0.05) is 29.1 Å². The molecule has 31 heavy (non-hydrogen) atoms. The van der Waals surface area contributed by atoms with Gasteiger partial charge in [0.15, 0.2) is 0 Å². The van der Waals surface area contributed by atoms with Gasteiger partial charge in [-0.05, 0) is 61.9 Å². The second kappa shape index (κ2) is 12.1. The molecule has 1 N–H and O–H groups in total. The molecule has 2 amide bonds. The van der Waals surface area contributed by atoms with Crippen molar-refractivity contribution in [3.63, 3.8) is 0 Å². The lowest BCUT2D eigenvalue weighted by Gasteiger charge is -2.30. The molecule has 0 saturated carbocycles. The largest absolute Gasteiger partial charge is 0.352 e. The van der Waals surface area contributed by atoms with Gasteiger partial charge in [-0.25, -0.2) is 0 Å². The third-order valence-electron chi connectivity index (χ3n) is 5.58. The van der Waals surface area contributed by atoms with Gasteiger partial charge in [0.2, 0.25) is 11.8 Å². The quantitative estimate of drug-likeness (QED) is 0.483. The van der Waals surface area contributed by atoms with E-state index in [4.69, 9.17) is 23.2 Å². The van der Waals surface area contributed by atoms with E-state index in [1.807, 2.05) is 13.8 Å². The third-order valence-corrected chi connectivity index (χ3v) is 6.17. The molecule has 0 aliphatic heterocycles. The summed E-state index contributed by atoms with van der Waals surface area (Å²) in [6.45, 7) is 8.08. The molecule has 4 nitrogen and oxygen atoms in total. The summed E-state index contributed by atoms with van der Waals surface area (Å²) in [5.74, 6) is -0.252. The van der Waals surface area contributed by atoms with E-state index in [-0.39, 0.29) is 24.4 Å². The van der Waals surface area contributed by atoms with Gasteiger partial charge in [0.1, 0.15) is 6.04 Å². The van der Waals surface area contributed by atoms with Gasteiger partial charge in [0.25, 0.3) is 0 Å². The Labute approximate surface area is 195 Å². The number of carbonyl (C=O) groups excluding carboxylic acids is 2. The average Bonchev–Trinajstić information content (AvgIpc) is 2.76. The minimum Gasteiger partial charge on any atom is -0.352 e. The van der Waals surface area contributed by atoms with Gasteiger partial charge in [-0.15, -0.1) is 0 Å². The van der Waals surface area contributed by atoms with E-state index in [9.17, 15) is 9.59 Å². The maximum atomic E-state index is 13.2. The van der Waals surface area contributed by atoms with Crippen molar-refractivity contribution < 1.29 is 9.59 Å². The van der Waals surface area contributed by atoms with Crippen LogP contribution in [0.3, 0.4) is 0 Å². The molecule has 2 aromatic rings. The minimum absolute atomic E-state index is 0.0445. The van der Waals surface area contributed by atoms with E-state index in [1.165, 1.54) is 5.56 Å². The Balaban J connectivity index is 2.17. The molecule has 0 aliphatic rings. The maximum absolute atomic E-state index is 13.2. The molecule has 0 aromatic heterocycles. The van der Waals surface area contributed by atoms with Crippen molar-refractivity contribution in [3.8, 4) is 0 Å². The van der Waals surface area contributed by atoms with Gasteiger partial charge in [-0.1, -0.05) is 67.4 Å². The van der Waals surface area contributed by atoms with Gasteiger partial charge in [0.05, 0.1) is 0 Å². The fourth-order valence-electron chi connectivity index (χ4n) is 3.22. The number of amides is 2. The van der Waals surface area contributed by atoms with Gasteiger partial charge >= 0.3 is 0 Å². The molecule has 0 unspecified atom stereocenters. The number of nitrogens with zero attached hydrogens (tertiary/aromatic N) is 1. The number of halogens is 2. The van der Waals surface area contributed by atoms with Crippen molar-refractivity contribution in [1.82, 2.24) is 10.2 Å². The number of benzene rings is 2. The highest BCUT2D eigenvalue weighted by atomic mass is 35.5. The van der Waals surface area contributed by atoms with E-state index in [2.05, 4.69) is 36.5 Å². The number of carbonyl (C=O) groups is 2. The summed E-state index contributed by atoms with van der Waals surface area (Å²) < 4.78 is 0. The van der Waals surface area contributed by atoms with Crippen molar-refractivity contribution in [2.45, 2.75) is 72.0 Å². The van der Waals surface area contributed by atoms with Crippen LogP contribution in [0.4, 0.5) is 0 Å². The third kappa shape index (κ3) is 7.55. The predicted molar refractivity (Wildman–Crippen MR) is 129 cm³/mol. The zero-order valence-electron chi connectivity index (χ0n) is 18.8. The first-order valence-electron chi connectivity index (χ1n) is 10.9. The first kappa shape index (κ1) is 25.2. The number of rotatable bonds is 10. The van der Waals surface area contributed by atoms with Crippen LogP contribution in [0.5, 0.6) is 0 Å². The molecule has 0 spiro atoms. The zero-order chi connectivity index (χ0) is 23.0. The molecule has 0 bridgehead atoms. The molecular formula is C25H32Cl2N2O2. The standard InChI is InChI=1S/C25H32Cl2N2O2/c1-5-17(3)28-25(31)18(4)29(16-21-12-13-22(26)15-23(21)27)24(30)14-11-20-9-7-19(6-2)8-10-20/h7-10,12-13,15,17-18H,5-6,11,14,16H2,1-4H3,(H,28,31)/t17-,18+/m0/s1. The second-order valence-corrected chi connectivity index (χ2v) is 8.76. The van der Waals surface area contributed by atoms with Crippen LogP contribution in [0.25, 0.3) is 0 Å². The molecule has 6 heteroatoms. The highest BCUT2D eigenvalue weighted by Crippen LogP contribution is 2.24. The molecule has 2 aromatic carbocycles. The molecule has 0 heterocycles. The summed E-state index contributed by atoms with van der Waals surface area (Å²) in [7, 11) is 0. The summed E-state index contributed by atoms with van der Waals surface area (Å²) in [4.78, 5) is 27.6. The van der Waals surface area contributed by atoms with E-state index < -0.39 is 6.04 Å². The molecule has 168 valence electrons. The smallest absolute Gasteiger partial charge is 0.242 e. The zero-order valence-corrected chi connectivity index (χ0v) is 20.3. The van der Waals surface area contributed by atoms with Crippen LogP contribution in [0, 0.1) is 0 Å². The van der Waals surface area contributed by atoms with E-state index in [1.54, 1.807) is 30.0 Å². The normalized spacial score (nSPS) is 12.8. The lowest BCUT2D eigenvalue weighted by molar-refractivity contribution is -0.140. The first-order chi connectivity index (χ1) is 14.7. The molecule has 0 saturated heterocycles. The van der Waals surface area contributed by atoms with Crippen LogP contribution in [-0.4, -0.2) is 28.8 Å². The number of hydrogen-bond donors (Lipinski definition) is 1. The molecule has 0 aliphatic carbocycles. The van der Waals surface area contributed by atoms with E-state index in [0.717, 1.165) is 24.0 Å². The molecule has 0 radical (unpaired) electrons. The Bertz CT molecular complexity index is 884. The Morgan fingerprint density at radius 2 is 1.65 bits per heavy atom. The summed E-state index contributed by atoms with van der Waals surface area (Å²) in [6.07, 6.45) is 2.74. The monoisotopic (exact) mass is 462 g/mol. The highest BCUT2D eigenvalue weighted by Gasteiger charge is 2.27. The van der Waals surface area contributed by atoms with Crippen molar-refractivity contribution in [2.24, 2.45) is 0 Å². The van der Waals surface area contributed by atoms with Crippen molar-refractivity contribution in [1.29, 1.82) is 0 Å². The van der Waals surface area contributed by atoms with E-state index in [0.29, 0.717) is 22.9 Å². The van der Waals surface area contributed by atoms with Crippen molar-refractivity contribution in [3.05, 3.63) is 69.2 Å². The van der Waals surface area contributed by atoms with Crippen LogP contribution >= 0.6 is 23.2 Å². The molecular weight excluding hydrogens is 431 g/mol. The molecule has 2 rings (SSSR count). The number of nitrogens with one attached hydrogen (secondary N) is 1. The summed E-state index contributed by atoms with van der Waals surface area (Å²) in [5, 5.41) is 3.99. The van der Waals surface area contributed by atoms with Gasteiger partial charge in [-0.3, -0.25) is 9.59 Å². The van der Waals surface area contributed by atoms with E-state index >= 15 is 0 Å². The summed E-state index contributed by atoms with van der Waals surface area (Å²) in [5.41, 5.74) is 3.13. The summed E-state index contributed by atoms with van der Waals surface area (Å²) >= 11 is 12.4. The average molecular weight is 463 g/mol. The molecule has 2 atom stereocenters. The highest BCUT2D eigenvalue weighted by molar-refractivity contribution is 6.35. The SMILES string of the molecule is CCc1ccc(CCC(=O)N(Cc2ccc(Cl)cc2Cl)[C@H](C)C(=O)N[C@@H](C)CC)cc1. The topological polar surface area (TPSA) is 49.4 Å². The van der Waals surface area contributed by atoms with Crippen LogP contribution in [0.2, 0.25) is 10.0 Å². The first-order valence-corrected chi connectivity index (χ1v) is 11.6. The maximum Gasteiger partial charge on any atom is 0.242 e. The fourth-order valence-corrected chi connectivity index (χ4v) is 3.69. The minimum atomic E-state index is -0.615. The predicted octanol–water partition coefficient (Wildman–Crippen LogP) is 5.82. The van der Waals surface area contributed by atoms with Gasteiger partial charge < -0.3 is 10.2 Å². The Hall–Kier alpha value is -2.04. The Morgan fingerprint density at radius 1 is 1.00 bits per heavy atom. The fraction of sp³-hybridized carbons (Fsp3) is 0.440. The van der Waals surface area contributed by atoms with Crippen LogP contribution in [-0.2, 0) is 29.0 Å². The Morgan fingerprint density at radius 3 is 2.23 bits per heavy atom. The Kier molecular flexibility index (Phi) is 9.86. The number of hydrogen-bond acceptors (Lipinski definition) is 2. The van der Waals surface area contributed by atoms with Crippen LogP contribution in [0.15, 0.2) is 42.5 Å².